The first-order valence-corrected chi connectivity index (χ1v) is 35.4. The molecule has 0 heterocycles. The van der Waals surface area contributed by atoms with Crippen molar-refractivity contribution in [2.75, 3.05) is 13.2 Å². The lowest BCUT2D eigenvalue weighted by atomic mass is 10.0. The molecule has 6 nitrogen and oxygen atoms in total. The van der Waals surface area contributed by atoms with E-state index in [0.717, 1.165) is 89.9 Å². The standard InChI is InChI=1S/C77H132O6/c1-4-7-10-13-16-19-22-25-28-31-33-34-35-36-37-38-39-40-41-42-44-46-49-52-55-58-61-64-67-70-76(79)82-73-74(72-81-75(78)69-66-63-60-57-54-51-48-45-30-27-24-21-18-15-12-9-6-3)83-77(80)71-68-65-62-59-56-53-50-47-43-32-29-26-23-20-17-14-11-8-5-2/h9,12,18,21-22,25-27,29-31,33,35-36,48,51,57,60,74H,4-8,10-11,13-17,19-20,23-24,28,32,34,37-47,49-50,52-56,58-59,61-73H2,1-3H3/b12-9-,21-18-,25-22-,29-26-,30-27-,33-31-,36-35-,51-48-,60-57-. The summed E-state index contributed by atoms with van der Waals surface area (Å²) in [7, 11) is 0. The Bertz CT molecular complexity index is 1660. The zero-order chi connectivity index (χ0) is 59.9. The van der Waals surface area contributed by atoms with Crippen LogP contribution in [0.1, 0.15) is 342 Å². The lowest BCUT2D eigenvalue weighted by Gasteiger charge is -2.18. The molecule has 0 rings (SSSR count). The van der Waals surface area contributed by atoms with E-state index >= 15 is 0 Å². The Balaban J connectivity index is 4.35. The van der Waals surface area contributed by atoms with Crippen molar-refractivity contribution in [3.8, 4) is 0 Å². The highest BCUT2D eigenvalue weighted by Crippen LogP contribution is 2.17. The summed E-state index contributed by atoms with van der Waals surface area (Å²) in [6.07, 6.45) is 96.9. The van der Waals surface area contributed by atoms with E-state index in [2.05, 4.69) is 130 Å². The fraction of sp³-hybridized carbons (Fsp3) is 0.727. The lowest BCUT2D eigenvalue weighted by molar-refractivity contribution is -0.167. The van der Waals surface area contributed by atoms with Crippen molar-refractivity contribution in [3.05, 3.63) is 109 Å². The molecule has 1 atom stereocenters. The molecule has 0 spiro atoms. The molecule has 6 heteroatoms. The Hall–Kier alpha value is -3.93. The highest BCUT2D eigenvalue weighted by molar-refractivity contribution is 5.71. The monoisotopic (exact) mass is 1150 g/mol. The molecule has 0 aliphatic heterocycles. The maximum atomic E-state index is 13.0. The second kappa shape index (κ2) is 70.6. The summed E-state index contributed by atoms with van der Waals surface area (Å²) in [5.74, 6) is -0.947. The first-order chi connectivity index (χ1) is 41.0. The third kappa shape index (κ3) is 68.7. The van der Waals surface area contributed by atoms with Crippen LogP contribution in [0.3, 0.4) is 0 Å². The van der Waals surface area contributed by atoms with Crippen molar-refractivity contribution >= 4 is 17.9 Å². The number of carbonyl (C=O) groups excluding carboxylic acids is 3. The summed E-state index contributed by atoms with van der Waals surface area (Å²) in [6, 6.07) is 0. The van der Waals surface area contributed by atoms with Crippen molar-refractivity contribution in [1.82, 2.24) is 0 Å². The fourth-order valence-corrected chi connectivity index (χ4v) is 9.95. The molecule has 0 fully saturated rings. The van der Waals surface area contributed by atoms with E-state index in [1.807, 2.05) is 0 Å². The zero-order valence-corrected chi connectivity index (χ0v) is 54.7. The normalized spacial score (nSPS) is 12.8. The van der Waals surface area contributed by atoms with Gasteiger partial charge in [-0.3, -0.25) is 14.4 Å². The average molecular weight is 1150 g/mol. The van der Waals surface area contributed by atoms with Gasteiger partial charge in [-0.1, -0.05) is 310 Å². The van der Waals surface area contributed by atoms with Gasteiger partial charge in [0.15, 0.2) is 6.10 Å². The Morgan fingerprint density at radius 3 is 0.795 bits per heavy atom. The van der Waals surface area contributed by atoms with E-state index in [4.69, 9.17) is 14.2 Å². The topological polar surface area (TPSA) is 78.9 Å². The largest absolute Gasteiger partial charge is 0.462 e. The van der Waals surface area contributed by atoms with E-state index in [9.17, 15) is 14.4 Å². The Kier molecular flexibility index (Phi) is 67.2. The van der Waals surface area contributed by atoms with Gasteiger partial charge in [0.05, 0.1) is 0 Å². The first kappa shape index (κ1) is 79.1. The van der Waals surface area contributed by atoms with Crippen LogP contribution in [-0.2, 0) is 28.6 Å². The molecule has 0 saturated carbocycles. The molecular weight excluding hydrogens is 1020 g/mol. The van der Waals surface area contributed by atoms with Gasteiger partial charge in [0.1, 0.15) is 13.2 Å². The van der Waals surface area contributed by atoms with Gasteiger partial charge in [-0.15, -0.1) is 0 Å². The van der Waals surface area contributed by atoms with Gasteiger partial charge in [0.2, 0.25) is 0 Å². The van der Waals surface area contributed by atoms with Crippen LogP contribution < -0.4 is 0 Å². The molecule has 0 radical (unpaired) electrons. The van der Waals surface area contributed by atoms with E-state index in [1.165, 1.54) is 205 Å². The molecule has 0 aromatic carbocycles. The third-order valence-electron chi connectivity index (χ3n) is 15.2. The van der Waals surface area contributed by atoms with Gasteiger partial charge in [-0.25, -0.2) is 0 Å². The lowest BCUT2D eigenvalue weighted by Crippen LogP contribution is -2.30. The smallest absolute Gasteiger partial charge is 0.306 e. The van der Waals surface area contributed by atoms with Crippen molar-refractivity contribution in [2.24, 2.45) is 0 Å². The molecule has 1 unspecified atom stereocenters. The summed E-state index contributed by atoms with van der Waals surface area (Å²) in [5, 5.41) is 0. The minimum absolute atomic E-state index is 0.0960. The average Bonchev–Trinajstić information content (AvgIpc) is 3.50. The van der Waals surface area contributed by atoms with Crippen LogP contribution in [0.4, 0.5) is 0 Å². The minimum Gasteiger partial charge on any atom is -0.462 e. The Labute approximate surface area is 514 Å². The molecule has 83 heavy (non-hydrogen) atoms. The SMILES string of the molecule is CC/C=C\C/C=C\C/C=C\C/C=C\C/C=C\CCCC(=O)OCC(COC(=O)CCCCCCCCCCCCCCCC/C=C\C/C=C\C/C=C\CCCCCCC)OC(=O)CCCCCCCCCCC/C=C\CCCCCCCC. The van der Waals surface area contributed by atoms with Crippen molar-refractivity contribution in [1.29, 1.82) is 0 Å². The van der Waals surface area contributed by atoms with E-state index in [0.29, 0.717) is 19.3 Å². The van der Waals surface area contributed by atoms with Crippen LogP contribution in [0, 0.1) is 0 Å². The van der Waals surface area contributed by atoms with Gasteiger partial charge in [-0.05, 0) is 122 Å². The van der Waals surface area contributed by atoms with Crippen LogP contribution in [-0.4, -0.2) is 37.2 Å². The summed E-state index contributed by atoms with van der Waals surface area (Å²) < 4.78 is 16.9. The highest BCUT2D eigenvalue weighted by atomic mass is 16.6. The van der Waals surface area contributed by atoms with Crippen LogP contribution in [0.25, 0.3) is 0 Å². The number of carbonyl (C=O) groups is 3. The van der Waals surface area contributed by atoms with E-state index < -0.39 is 6.10 Å². The number of ether oxygens (including phenoxy) is 3. The second-order valence-electron chi connectivity index (χ2n) is 23.4. The molecule has 0 aromatic heterocycles. The van der Waals surface area contributed by atoms with Gasteiger partial charge >= 0.3 is 17.9 Å². The predicted octanol–water partition coefficient (Wildman–Crippen LogP) is 24.6. The van der Waals surface area contributed by atoms with Gasteiger partial charge in [0, 0.05) is 19.3 Å². The highest BCUT2D eigenvalue weighted by Gasteiger charge is 2.19. The molecule has 476 valence electrons. The van der Waals surface area contributed by atoms with E-state index in [1.54, 1.807) is 0 Å². The number of hydrogen-bond donors (Lipinski definition) is 0. The number of esters is 3. The molecule has 0 aliphatic rings. The van der Waals surface area contributed by atoms with Crippen molar-refractivity contribution < 1.29 is 28.6 Å². The van der Waals surface area contributed by atoms with Crippen LogP contribution >= 0.6 is 0 Å². The predicted molar refractivity (Wildman–Crippen MR) is 362 cm³/mol. The summed E-state index contributed by atoms with van der Waals surface area (Å²) in [5.41, 5.74) is 0. The molecule has 0 aliphatic carbocycles. The first-order valence-electron chi connectivity index (χ1n) is 35.4. The zero-order valence-electron chi connectivity index (χ0n) is 54.7. The van der Waals surface area contributed by atoms with Crippen LogP contribution in [0.15, 0.2) is 109 Å². The Morgan fingerprint density at radius 1 is 0.253 bits per heavy atom. The molecular formula is C77H132O6. The molecule has 0 aromatic rings. The number of unbranched alkanes of at least 4 members (excludes halogenated alkanes) is 35. The van der Waals surface area contributed by atoms with Gasteiger partial charge in [0.25, 0.3) is 0 Å². The molecule has 0 saturated heterocycles. The molecule has 0 bridgehead atoms. The Morgan fingerprint density at radius 2 is 0.482 bits per heavy atom. The van der Waals surface area contributed by atoms with E-state index in [-0.39, 0.29) is 37.5 Å². The number of allylic oxidation sites excluding steroid dienone is 18. The molecule has 0 amide bonds. The maximum Gasteiger partial charge on any atom is 0.306 e. The summed E-state index contributed by atoms with van der Waals surface area (Å²) in [4.78, 5) is 38.4. The third-order valence-corrected chi connectivity index (χ3v) is 15.2. The van der Waals surface area contributed by atoms with Crippen LogP contribution in [0.2, 0.25) is 0 Å². The van der Waals surface area contributed by atoms with Crippen LogP contribution in [0.5, 0.6) is 0 Å². The summed E-state index contributed by atoms with van der Waals surface area (Å²) in [6.45, 7) is 6.50. The summed E-state index contributed by atoms with van der Waals surface area (Å²) >= 11 is 0. The fourth-order valence-electron chi connectivity index (χ4n) is 9.95. The van der Waals surface area contributed by atoms with Gasteiger partial charge in [-0.2, -0.15) is 0 Å². The quantitative estimate of drug-likeness (QED) is 0.0261. The maximum absolute atomic E-state index is 13.0. The van der Waals surface area contributed by atoms with Gasteiger partial charge < -0.3 is 14.2 Å². The molecule has 0 N–H and O–H groups in total. The second-order valence-corrected chi connectivity index (χ2v) is 23.4. The number of hydrogen-bond acceptors (Lipinski definition) is 6. The minimum atomic E-state index is -0.805. The van der Waals surface area contributed by atoms with Crippen molar-refractivity contribution in [3.63, 3.8) is 0 Å². The van der Waals surface area contributed by atoms with Crippen molar-refractivity contribution in [2.45, 2.75) is 348 Å². The number of rotatable bonds is 64.